The zero-order chi connectivity index (χ0) is 22.1. The molecule has 2 N–H and O–H groups in total. The summed E-state index contributed by atoms with van der Waals surface area (Å²) in [7, 11) is 0. The molecular formula is C28H52O2. The van der Waals surface area contributed by atoms with E-state index in [0.29, 0.717) is 23.2 Å². The van der Waals surface area contributed by atoms with Gasteiger partial charge in [0.1, 0.15) is 0 Å². The Morgan fingerprint density at radius 1 is 1.03 bits per heavy atom. The average molecular weight is 421 g/mol. The number of fused-ring (bicyclic) bond motifs is 3. The molecule has 2 nitrogen and oxygen atoms in total. The largest absolute Gasteiger partial charge is 0.393 e. The Morgan fingerprint density at radius 3 is 2.43 bits per heavy atom. The van der Waals surface area contributed by atoms with E-state index in [2.05, 4.69) is 41.5 Å². The van der Waals surface area contributed by atoms with Crippen molar-refractivity contribution in [1.29, 1.82) is 0 Å². The monoisotopic (exact) mass is 420 g/mol. The lowest BCUT2D eigenvalue weighted by molar-refractivity contribution is -0.0580. The molecule has 0 aromatic carbocycles. The molecule has 3 aliphatic rings. The van der Waals surface area contributed by atoms with Crippen molar-refractivity contribution in [3.05, 3.63) is 0 Å². The lowest BCUT2D eigenvalue weighted by Gasteiger charge is -2.53. The van der Waals surface area contributed by atoms with E-state index in [1.165, 1.54) is 44.9 Å². The summed E-state index contributed by atoms with van der Waals surface area (Å²) in [6, 6.07) is 0. The Morgan fingerprint density at radius 2 is 1.77 bits per heavy atom. The van der Waals surface area contributed by atoms with Crippen LogP contribution in [0.15, 0.2) is 0 Å². The molecule has 2 heteroatoms. The summed E-state index contributed by atoms with van der Waals surface area (Å²) in [4.78, 5) is 0. The first kappa shape index (κ1) is 24.6. The number of rotatable bonds is 9. The van der Waals surface area contributed by atoms with Crippen molar-refractivity contribution in [2.24, 2.45) is 46.8 Å². The zero-order valence-corrected chi connectivity index (χ0v) is 21.0. The Kier molecular flexibility index (Phi) is 8.04. The van der Waals surface area contributed by atoms with E-state index >= 15 is 0 Å². The SMILES string of the molecule is CCC[C@](C)(O)C[C@@H]1CC[C@@H]2[C@H](CC[C@]3(C)[C@@H]([C@H](C)[C@@H](O)CCC(C)C)CC[C@@H]23)C1. The van der Waals surface area contributed by atoms with Crippen LogP contribution in [0.3, 0.4) is 0 Å². The van der Waals surface area contributed by atoms with E-state index in [-0.39, 0.29) is 6.10 Å². The fraction of sp³-hybridized carbons (Fsp3) is 1.00. The van der Waals surface area contributed by atoms with E-state index in [4.69, 9.17) is 0 Å². The van der Waals surface area contributed by atoms with Crippen LogP contribution < -0.4 is 0 Å². The molecular weight excluding hydrogens is 368 g/mol. The van der Waals surface area contributed by atoms with Gasteiger partial charge in [-0.25, -0.2) is 0 Å². The summed E-state index contributed by atoms with van der Waals surface area (Å²) in [5.74, 6) is 5.22. The van der Waals surface area contributed by atoms with Crippen LogP contribution in [0.5, 0.6) is 0 Å². The topological polar surface area (TPSA) is 40.5 Å². The lowest BCUT2D eigenvalue weighted by Crippen LogP contribution is -2.46. The molecule has 3 rings (SSSR count). The van der Waals surface area contributed by atoms with Crippen molar-refractivity contribution in [3.8, 4) is 0 Å². The summed E-state index contributed by atoms with van der Waals surface area (Å²) >= 11 is 0. The second-order valence-electron chi connectivity index (χ2n) is 12.8. The summed E-state index contributed by atoms with van der Waals surface area (Å²) in [5, 5.41) is 21.7. The predicted molar refractivity (Wildman–Crippen MR) is 127 cm³/mol. The molecule has 0 saturated heterocycles. The second kappa shape index (κ2) is 9.82. The zero-order valence-electron chi connectivity index (χ0n) is 21.0. The second-order valence-corrected chi connectivity index (χ2v) is 12.8. The van der Waals surface area contributed by atoms with Gasteiger partial charge in [0.05, 0.1) is 11.7 Å². The number of aliphatic hydroxyl groups is 2. The van der Waals surface area contributed by atoms with Crippen molar-refractivity contribution in [2.45, 2.75) is 130 Å². The maximum Gasteiger partial charge on any atom is 0.0622 e. The highest BCUT2D eigenvalue weighted by molar-refractivity contribution is 5.05. The fourth-order valence-corrected chi connectivity index (χ4v) is 8.46. The molecule has 0 unspecified atom stereocenters. The van der Waals surface area contributed by atoms with E-state index in [1.54, 1.807) is 0 Å². The summed E-state index contributed by atoms with van der Waals surface area (Å²) < 4.78 is 0. The first-order chi connectivity index (χ1) is 14.1. The van der Waals surface area contributed by atoms with Crippen LogP contribution in [0, 0.1) is 46.8 Å². The van der Waals surface area contributed by atoms with Gasteiger partial charge in [0.25, 0.3) is 0 Å². The molecule has 0 aromatic heterocycles. The van der Waals surface area contributed by atoms with Crippen LogP contribution in [0.1, 0.15) is 119 Å². The number of aliphatic hydroxyl groups excluding tert-OH is 1. The summed E-state index contributed by atoms with van der Waals surface area (Å²) in [6.07, 6.45) is 14.6. The van der Waals surface area contributed by atoms with Crippen LogP contribution in [-0.2, 0) is 0 Å². The maximum absolute atomic E-state index is 10.9. The highest BCUT2D eigenvalue weighted by Gasteiger charge is 2.56. The molecule has 30 heavy (non-hydrogen) atoms. The van der Waals surface area contributed by atoms with Crippen LogP contribution in [0.2, 0.25) is 0 Å². The molecule has 0 aliphatic heterocycles. The van der Waals surface area contributed by atoms with Crippen LogP contribution in [-0.4, -0.2) is 21.9 Å². The Labute approximate surface area is 187 Å². The highest BCUT2D eigenvalue weighted by atomic mass is 16.3. The van der Waals surface area contributed by atoms with Gasteiger partial charge in [-0.3, -0.25) is 0 Å². The minimum Gasteiger partial charge on any atom is -0.393 e. The van der Waals surface area contributed by atoms with Crippen molar-refractivity contribution in [1.82, 2.24) is 0 Å². The van der Waals surface area contributed by atoms with Gasteiger partial charge < -0.3 is 10.2 Å². The van der Waals surface area contributed by atoms with Crippen LogP contribution in [0.25, 0.3) is 0 Å². The predicted octanol–water partition coefficient (Wildman–Crippen LogP) is 7.22. The Hall–Kier alpha value is -0.0800. The molecule has 0 amide bonds. The highest BCUT2D eigenvalue weighted by Crippen LogP contribution is 2.64. The van der Waals surface area contributed by atoms with Gasteiger partial charge in [-0.05, 0) is 118 Å². The van der Waals surface area contributed by atoms with E-state index in [1.807, 2.05) is 0 Å². The summed E-state index contributed by atoms with van der Waals surface area (Å²) in [6.45, 7) is 13.7. The summed E-state index contributed by atoms with van der Waals surface area (Å²) in [5.41, 5.74) is -0.0185. The molecule has 0 spiro atoms. The van der Waals surface area contributed by atoms with E-state index in [9.17, 15) is 10.2 Å². The van der Waals surface area contributed by atoms with E-state index in [0.717, 1.165) is 55.8 Å². The number of hydrogen-bond acceptors (Lipinski definition) is 2. The first-order valence-corrected chi connectivity index (χ1v) is 13.5. The van der Waals surface area contributed by atoms with Gasteiger partial charge in [0.2, 0.25) is 0 Å². The van der Waals surface area contributed by atoms with Gasteiger partial charge >= 0.3 is 0 Å². The number of hydrogen-bond donors (Lipinski definition) is 2. The normalized spacial score (nSPS) is 40.5. The van der Waals surface area contributed by atoms with Gasteiger partial charge in [0, 0.05) is 0 Å². The van der Waals surface area contributed by atoms with Crippen molar-refractivity contribution in [3.63, 3.8) is 0 Å². The third-order valence-electron chi connectivity index (χ3n) is 10.0. The molecule has 3 saturated carbocycles. The quantitative estimate of drug-likeness (QED) is 0.413. The molecule has 0 bridgehead atoms. The molecule has 176 valence electrons. The van der Waals surface area contributed by atoms with Crippen LogP contribution >= 0.6 is 0 Å². The smallest absolute Gasteiger partial charge is 0.0622 e. The molecule has 3 aliphatic carbocycles. The van der Waals surface area contributed by atoms with Gasteiger partial charge in [-0.2, -0.15) is 0 Å². The van der Waals surface area contributed by atoms with Gasteiger partial charge in [-0.1, -0.05) is 47.5 Å². The van der Waals surface area contributed by atoms with Crippen molar-refractivity contribution < 1.29 is 10.2 Å². The molecule has 0 aromatic rings. The van der Waals surface area contributed by atoms with Crippen molar-refractivity contribution in [2.75, 3.05) is 0 Å². The third-order valence-corrected chi connectivity index (χ3v) is 10.0. The lowest BCUT2D eigenvalue weighted by atomic mass is 9.52. The van der Waals surface area contributed by atoms with Crippen LogP contribution in [0.4, 0.5) is 0 Å². The molecule has 0 radical (unpaired) electrons. The molecule has 9 atom stereocenters. The minimum atomic E-state index is -0.463. The van der Waals surface area contributed by atoms with Crippen molar-refractivity contribution >= 4 is 0 Å². The minimum absolute atomic E-state index is 0.123. The fourth-order valence-electron chi connectivity index (χ4n) is 8.46. The molecule has 3 fully saturated rings. The Balaban J connectivity index is 1.61. The third kappa shape index (κ3) is 5.28. The van der Waals surface area contributed by atoms with Gasteiger partial charge in [-0.15, -0.1) is 0 Å². The maximum atomic E-state index is 10.9. The van der Waals surface area contributed by atoms with E-state index < -0.39 is 5.60 Å². The molecule has 0 heterocycles. The first-order valence-electron chi connectivity index (χ1n) is 13.5. The van der Waals surface area contributed by atoms with Gasteiger partial charge in [0.15, 0.2) is 0 Å². The average Bonchev–Trinajstić information content (AvgIpc) is 3.02. The standard InChI is InChI=1S/C28H52O2/c1-7-15-27(5,30)18-21-9-10-23-22(17-21)14-16-28(6)24(11-12-25(23)28)20(4)26(29)13-8-19(2)3/h19-26,29-30H,7-18H2,1-6H3/t20-,21+,22+,23+,24+,25-,26-,27-,28+/m0/s1. The Bertz CT molecular complexity index is 541.